The molecule has 148 valence electrons. The molecule has 0 aromatic rings. The third-order valence-corrected chi connectivity index (χ3v) is 4.91. The lowest BCUT2D eigenvalue weighted by molar-refractivity contribution is 0.524. The topological polar surface area (TPSA) is 12.0 Å². The Morgan fingerprint density at radius 3 is 1.04 bits per heavy atom. The van der Waals surface area contributed by atoms with Crippen molar-refractivity contribution in [2.75, 3.05) is 13.1 Å². The summed E-state index contributed by atoms with van der Waals surface area (Å²) in [5.74, 6) is 0. The van der Waals surface area contributed by atoms with Gasteiger partial charge in [-0.05, 0) is 25.9 Å². The normalized spacial score (nSPS) is 10.8. The summed E-state index contributed by atoms with van der Waals surface area (Å²) in [4.78, 5) is 0. The molecule has 0 unspecified atom stereocenters. The number of halogens is 1. The zero-order valence-corrected chi connectivity index (χ0v) is 17.1. The van der Waals surface area contributed by atoms with Crippen LogP contribution in [0.15, 0.2) is 0 Å². The summed E-state index contributed by atoms with van der Waals surface area (Å²) in [6, 6.07) is 0. The van der Waals surface area contributed by atoms with Gasteiger partial charge < -0.3 is 5.32 Å². The fourth-order valence-electron chi connectivity index (χ4n) is 3.22. The first-order valence-electron chi connectivity index (χ1n) is 11.1. The van der Waals surface area contributed by atoms with Crippen molar-refractivity contribution in [2.24, 2.45) is 0 Å². The summed E-state index contributed by atoms with van der Waals surface area (Å²) in [6.07, 6.45) is 26.0. The molecule has 1 N–H and O–H groups in total. The van der Waals surface area contributed by atoms with E-state index in [0.717, 1.165) is 0 Å². The van der Waals surface area contributed by atoms with E-state index in [1.54, 1.807) is 0 Å². The SMILES string of the molecule is CCCCCCCCCCCCCCCCCCNCCCC.F. The van der Waals surface area contributed by atoms with Gasteiger partial charge in [-0.15, -0.1) is 0 Å². The highest BCUT2D eigenvalue weighted by Gasteiger charge is 1.94. The van der Waals surface area contributed by atoms with E-state index < -0.39 is 0 Å². The number of nitrogens with one attached hydrogen (secondary N) is 1. The van der Waals surface area contributed by atoms with Crippen molar-refractivity contribution in [3.8, 4) is 0 Å². The van der Waals surface area contributed by atoms with E-state index >= 15 is 0 Å². The predicted molar refractivity (Wildman–Crippen MR) is 110 cm³/mol. The van der Waals surface area contributed by atoms with Crippen LogP contribution in [0.4, 0.5) is 4.70 Å². The predicted octanol–water partition coefficient (Wildman–Crippen LogP) is 7.79. The molecule has 24 heavy (non-hydrogen) atoms. The van der Waals surface area contributed by atoms with Crippen molar-refractivity contribution in [1.29, 1.82) is 0 Å². The highest BCUT2D eigenvalue weighted by atomic mass is 19.0. The Labute approximate surface area is 153 Å². The molecular weight excluding hydrogens is 297 g/mol. The Morgan fingerprint density at radius 1 is 0.375 bits per heavy atom. The molecule has 0 fully saturated rings. The van der Waals surface area contributed by atoms with Crippen molar-refractivity contribution in [3.63, 3.8) is 0 Å². The van der Waals surface area contributed by atoms with Crippen LogP contribution in [0, 0.1) is 0 Å². The Kier molecular flexibility index (Phi) is 27.4. The largest absolute Gasteiger partial charge is 0.317 e. The zero-order chi connectivity index (χ0) is 16.8. The van der Waals surface area contributed by atoms with Crippen LogP contribution in [-0.4, -0.2) is 13.1 Å². The fraction of sp³-hybridized carbons (Fsp3) is 1.00. The second-order valence-corrected chi connectivity index (χ2v) is 7.41. The maximum absolute atomic E-state index is 3.54. The fourth-order valence-corrected chi connectivity index (χ4v) is 3.22. The summed E-state index contributed by atoms with van der Waals surface area (Å²) >= 11 is 0. The van der Waals surface area contributed by atoms with Gasteiger partial charge in [0.15, 0.2) is 0 Å². The molecule has 0 heterocycles. The van der Waals surface area contributed by atoms with Crippen LogP contribution >= 0.6 is 0 Å². The minimum absolute atomic E-state index is 0. The molecule has 0 aromatic carbocycles. The third-order valence-electron chi connectivity index (χ3n) is 4.91. The Hall–Kier alpha value is -0.110. The first-order valence-corrected chi connectivity index (χ1v) is 11.1. The molecule has 0 rings (SSSR count). The molecule has 0 bridgehead atoms. The third kappa shape index (κ3) is 24.1. The van der Waals surface area contributed by atoms with E-state index in [-0.39, 0.29) is 4.70 Å². The number of rotatable bonds is 20. The zero-order valence-electron chi connectivity index (χ0n) is 17.1. The molecule has 1 nitrogen and oxygen atoms in total. The van der Waals surface area contributed by atoms with Crippen molar-refractivity contribution in [1.82, 2.24) is 5.32 Å². The Bertz CT molecular complexity index is 176. The van der Waals surface area contributed by atoms with Gasteiger partial charge in [0.05, 0.1) is 0 Å². The minimum Gasteiger partial charge on any atom is -0.317 e. The van der Waals surface area contributed by atoms with Crippen LogP contribution in [0.25, 0.3) is 0 Å². The van der Waals surface area contributed by atoms with E-state index in [0.29, 0.717) is 0 Å². The van der Waals surface area contributed by atoms with Crippen LogP contribution in [-0.2, 0) is 0 Å². The van der Waals surface area contributed by atoms with Gasteiger partial charge in [0.1, 0.15) is 0 Å². The van der Waals surface area contributed by atoms with E-state index in [4.69, 9.17) is 0 Å². The molecule has 0 saturated heterocycles. The van der Waals surface area contributed by atoms with Gasteiger partial charge in [0, 0.05) is 0 Å². The summed E-state index contributed by atoms with van der Waals surface area (Å²) in [6.45, 7) is 7.01. The average molecular weight is 346 g/mol. The standard InChI is InChI=1S/C22H47N.FH/c1-3-5-7-8-9-10-11-12-13-14-15-16-17-18-19-20-22-23-21-6-4-2;/h23H,3-22H2,1-2H3;1H. The van der Waals surface area contributed by atoms with Crippen LogP contribution in [0.3, 0.4) is 0 Å². The Balaban J connectivity index is 0. The van der Waals surface area contributed by atoms with Crippen molar-refractivity contribution in [2.45, 2.75) is 129 Å². The van der Waals surface area contributed by atoms with Gasteiger partial charge in [-0.1, -0.05) is 117 Å². The molecule has 2 heteroatoms. The van der Waals surface area contributed by atoms with Crippen LogP contribution in [0.5, 0.6) is 0 Å². The molecular formula is C22H48FN. The van der Waals surface area contributed by atoms with Crippen molar-refractivity contribution in [3.05, 3.63) is 0 Å². The van der Waals surface area contributed by atoms with Crippen LogP contribution in [0.1, 0.15) is 129 Å². The van der Waals surface area contributed by atoms with Gasteiger partial charge in [-0.2, -0.15) is 0 Å². The average Bonchev–Trinajstić information content (AvgIpc) is 2.57. The summed E-state index contributed by atoms with van der Waals surface area (Å²) in [5, 5.41) is 3.54. The number of hydrogen-bond acceptors (Lipinski definition) is 1. The second kappa shape index (κ2) is 25.1. The minimum atomic E-state index is 0. The molecule has 0 atom stereocenters. The molecule has 0 radical (unpaired) electrons. The number of unbranched alkanes of at least 4 members (excludes halogenated alkanes) is 16. The highest BCUT2D eigenvalue weighted by molar-refractivity contribution is 4.51. The number of hydrogen-bond donors (Lipinski definition) is 1. The van der Waals surface area contributed by atoms with Crippen LogP contribution in [0.2, 0.25) is 0 Å². The molecule has 0 spiro atoms. The van der Waals surface area contributed by atoms with Crippen LogP contribution < -0.4 is 5.32 Å². The summed E-state index contributed by atoms with van der Waals surface area (Å²) in [7, 11) is 0. The van der Waals surface area contributed by atoms with E-state index in [2.05, 4.69) is 19.2 Å². The highest BCUT2D eigenvalue weighted by Crippen LogP contribution is 2.13. The van der Waals surface area contributed by atoms with E-state index in [9.17, 15) is 0 Å². The lowest BCUT2D eigenvalue weighted by Gasteiger charge is -2.04. The first kappa shape index (κ1) is 26.1. The first-order chi connectivity index (χ1) is 11.4. The lowest BCUT2D eigenvalue weighted by Crippen LogP contribution is -2.16. The molecule has 0 aliphatic carbocycles. The maximum Gasteiger partial charge on any atom is -0.00489 e. The molecule has 0 amide bonds. The molecule has 0 aliphatic heterocycles. The lowest BCUT2D eigenvalue weighted by atomic mass is 10.0. The van der Waals surface area contributed by atoms with Gasteiger partial charge >= 0.3 is 0 Å². The molecule has 0 aliphatic rings. The molecule has 0 aromatic heterocycles. The van der Waals surface area contributed by atoms with Crippen molar-refractivity contribution >= 4 is 0 Å². The van der Waals surface area contributed by atoms with Crippen molar-refractivity contribution < 1.29 is 4.70 Å². The summed E-state index contributed by atoms with van der Waals surface area (Å²) in [5.41, 5.74) is 0. The molecule has 0 saturated carbocycles. The van der Waals surface area contributed by atoms with Gasteiger partial charge in [-0.25, -0.2) is 0 Å². The van der Waals surface area contributed by atoms with E-state index in [1.807, 2.05) is 0 Å². The quantitative estimate of drug-likeness (QED) is 0.222. The summed E-state index contributed by atoms with van der Waals surface area (Å²) < 4.78 is 0. The van der Waals surface area contributed by atoms with Gasteiger partial charge in [0.25, 0.3) is 0 Å². The van der Waals surface area contributed by atoms with Gasteiger partial charge in [0.2, 0.25) is 0 Å². The smallest absolute Gasteiger partial charge is 0.00489 e. The van der Waals surface area contributed by atoms with Gasteiger partial charge in [-0.3, -0.25) is 4.70 Å². The van der Waals surface area contributed by atoms with E-state index in [1.165, 1.54) is 129 Å². The second-order valence-electron chi connectivity index (χ2n) is 7.41. The Morgan fingerprint density at radius 2 is 0.667 bits per heavy atom. The monoisotopic (exact) mass is 345 g/mol. The maximum atomic E-state index is 3.54.